The van der Waals surface area contributed by atoms with Crippen molar-refractivity contribution in [1.82, 2.24) is 20.2 Å². The summed E-state index contributed by atoms with van der Waals surface area (Å²) in [4.78, 5) is 9.75. The van der Waals surface area contributed by atoms with Crippen LogP contribution < -0.4 is 0 Å². The lowest BCUT2D eigenvalue weighted by molar-refractivity contribution is 1.09. The molecule has 5 rings (SSSR count). The van der Waals surface area contributed by atoms with E-state index in [2.05, 4.69) is 10.2 Å². The summed E-state index contributed by atoms with van der Waals surface area (Å²) in [5, 5.41) is 10.4. The molecular weight excluding hydrogens is 352 g/mol. The van der Waals surface area contributed by atoms with Crippen molar-refractivity contribution < 1.29 is 0 Å². The van der Waals surface area contributed by atoms with Crippen LogP contribution in [0.3, 0.4) is 0 Å². The van der Waals surface area contributed by atoms with Gasteiger partial charge in [0.15, 0.2) is 5.01 Å². The maximum atomic E-state index is 4.88. The summed E-state index contributed by atoms with van der Waals surface area (Å²) in [6, 6.07) is 28.1. The van der Waals surface area contributed by atoms with E-state index < -0.39 is 0 Å². The molecule has 27 heavy (non-hydrogen) atoms. The average molecular weight is 366 g/mol. The van der Waals surface area contributed by atoms with Crippen LogP contribution in [0.15, 0.2) is 84.9 Å². The molecular formula is C22H14N4S. The molecule has 0 amide bonds. The number of para-hydroxylation sites is 2. The lowest BCUT2D eigenvalue weighted by atomic mass is 10.1. The topological polar surface area (TPSA) is 51.6 Å². The molecule has 5 heteroatoms. The van der Waals surface area contributed by atoms with Crippen LogP contribution in [-0.2, 0) is 0 Å². The highest BCUT2D eigenvalue weighted by Crippen LogP contribution is 2.35. The maximum absolute atomic E-state index is 4.88. The van der Waals surface area contributed by atoms with Gasteiger partial charge in [-0.2, -0.15) is 0 Å². The molecule has 2 heterocycles. The van der Waals surface area contributed by atoms with Crippen molar-refractivity contribution in [1.29, 1.82) is 0 Å². The SMILES string of the molecule is c1ccc(-c2nnc(-c3nc4ccccc4nc3-c3ccccc3)s2)cc1. The van der Waals surface area contributed by atoms with E-state index in [1.807, 2.05) is 84.9 Å². The summed E-state index contributed by atoms with van der Waals surface area (Å²) < 4.78 is 0. The van der Waals surface area contributed by atoms with E-state index in [0.717, 1.165) is 43.6 Å². The van der Waals surface area contributed by atoms with Crippen LogP contribution in [0.5, 0.6) is 0 Å². The van der Waals surface area contributed by atoms with Gasteiger partial charge in [0, 0.05) is 11.1 Å². The van der Waals surface area contributed by atoms with E-state index in [1.54, 1.807) is 0 Å². The highest BCUT2D eigenvalue weighted by molar-refractivity contribution is 7.17. The smallest absolute Gasteiger partial charge is 0.168 e. The second-order valence-electron chi connectivity index (χ2n) is 6.05. The van der Waals surface area contributed by atoms with Crippen molar-refractivity contribution in [3.63, 3.8) is 0 Å². The Kier molecular flexibility index (Phi) is 3.92. The quantitative estimate of drug-likeness (QED) is 0.424. The van der Waals surface area contributed by atoms with Gasteiger partial charge in [-0.15, -0.1) is 10.2 Å². The number of rotatable bonds is 3. The van der Waals surface area contributed by atoms with Gasteiger partial charge in [0.05, 0.1) is 16.7 Å². The Morgan fingerprint density at radius 1 is 0.481 bits per heavy atom. The number of hydrogen-bond donors (Lipinski definition) is 0. The first-order valence-electron chi connectivity index (χ1n) is 8.60. The molecule has 5 aromatic rings. The normalized spacial score (nSPS) is 11.0. The van der Waals surface area contributed by atoms with Gasteiger partial charge in [0.1, 0.15) is 10.7 Å². The standard InChI is InChI=1S/C22H14N4S/c1-3-9-15(10-4-1)19-20(24-18-14-8-7-13-17(18)23-19)22-26-25-21(27-22)16-11-5-2-6-12-16/h1-14H. The first kappa shape index (κ1) is 15.8. The van der Waals surface area contributed by atoms with Crippen LogP contribution in [0.1, 0.15) is 0 Å². The van der Waals surface area contributed by atoms with Crippen molar-refractivity contribution in [3.8, 4) is 32.5 Å². The second-order valence-corrected chi connectivity index (χ2v) is 7.03. The molecule has 4 nitrogen and oxygen atoms in total. The molecule has 2 aromatic heterocycles. The number of benzene rings is 3. The van der Waals surface area contributed by atoms with Crippen molar-refractivity contribution in [3.05, 3.63) is 84.9 Å². The zero-order valence-corrected chi connectivity index (χ0v) is 15.1. The zero-order valence-electron chi connectivity index (χ0n) is 14.3. The number of aromatic nitrogens is 4. The molecule has 0 radical (unpaired) electrons. The van der Waals surface area contributed by atoms with E-state index in [1.165, 1.54) is 11.3 Å². The predicted molar refractivity (Wildman–Crippen MR) is 109 cm³/mol. The van der Waals surface area contributed by atoms with Crippen LogP contribution in [0.25, 0.3) is 43.6 Å². The molecule has 0 fully saturated rings. The maximum Gasteiger partial charge on any atom is 0.168 e. The van der Waals surface area contributed by atoms with E-state index in [4.69, 9.17) is 9.97 Å². The van der Waals surface area contributed by atoms with Crippen LogP contribution in [-0.4, -0.2) is 20.2 Å². The van der Waals surface area contributed by atoms with Gasteiger partial charge in [-0.3, -0.25) is 0 Å². The van der Waals surface area contributed by atoms with Gasteiger partial charge in [0.2, 0.25) is 0 Å². The van der Waals surface area contributed by atoms with Crippen molar-refractivity contribution in [2.24, 2.45) is 0 Å². The predicted octanol–water partition coefficient (Wildman–Crippen LogP) is 5.48. The minimum Gasteiger partial charge on any atom is -0.244 e. The van der Waals surface area contributed by atoms with Crippen LogP contribution in [0.2, 0.25) is 0 Å². The largest absolute Gasteiger partial charge is 0.244 e. The summed E-state index contributed by atoms with van der Waals surface area (Å²) in [7, 11) is 0. The average Bonchev–Trinajstić information content (AvgIpc) is 3.24. The third-order valence-electron chi connectivity index (χ3n) is 4.27. The van der Waals surface area contributed by atoms with Gasteiger partial charge in [0.25, 0.3) is 0 Å². The molecule has 0 aliphatic rings. The summed E-state index contributed by atoms with van der Waals surface area (Å²) in [5.41, 5.74) is 5.37. The fourth-order valence-corrected chi connectivity index (χ4v) is 3.80. The monoisotopic (exact) mass is 366 g/mol. The Bertz CT molecular complexity index is 1220. The first-order chi connectivity index (χ1) is 13.4. The van der Waals surface area contributed by atoms with E-state index >= 15 is 0 Å². The lowest BCUT2D eigenvalue weighted by Crippen LogP contribution is -1.95. The van der Waals surface area contributed by atoms with Crippen LogP contribution in [0, 0.1) is 0 Å². The Labute approximate surface area is 160 Å². The van der Waals surface area contributed by atoms with E-state index in [9.17, 15) is 0 Å². The van der Waals surface area contributed by atoms with Gasteiger partial charge in [-0.05, 0) is 12.1 Å². The van der Waals surface area contributed by atoms with Crippen molar-refractivity contribution in [2.45, 2.75) is 0 Å². The third kappa shape index (κ3) is 2.98. The molecule has 128 valence electrons. The Morgan fingerprint density at radius 3 is 1.67 bits per heavy atom. The van der Waals surface area contributed by atoms with Crippen LogP contribution in [0.4, 0.5) is 0 Å². The third-order valence-corrected chi connectivity index (χ3v) is 5.25. The molecule has 0 saturated heterocycles. The summed E-state index contributed by atoms with van der Waals surface area (Å²) in [5.74, 6) is 0. The number of fused-ring (bicyclic) bond motifs is 1. The summed E-state index contributed by atoms with van der Waals surface area (Å²) >= 11 is 1.53. The Hall–Kier alpha value is -3.44. The van der Waals surface area contributed by atoms with Crippen molar-refractivity contribution >= 4 is 22.4 Å². The minimum absolute atomic E-state index is 0.764. The fraction of sp³-hybridized carbons (Fsp3) is 0. The van der Waals surface area contributed by atoms with Gasteiger partial charge < -0.3 is 0 Å². The lowest BCUT2D eigenvalue weighted by Gasteiger charge is -2.07. The van der Waals surface area contributed by atoms with E-state index in [0.29, 0.717) is 0 Å². The highest BCUT2D eigenvalue weighted by atomic mass is 32.1. The van der Waals surface area contributed by atoms with Gasteiger partial charge in [-0.1, -0.05) is 84.1 Å². The molecule has 0 spiro atoms. The molecule has 0 aliphatic carbocycles. The highest BCUT2D eigenvalue weighted by Gasteiger charge is 2.17. The number of hydrogen-bond acceptors (Lipinski definition) is 5. The summed E-state index contributed by atoms with van der Waals surface area (Å²) in [6.07, 6.45) is 0. The Morgan fingerprint density at radius 2 is 1.00 bits per heavy atom. The fourth-order valence-electron chi connectivity index (χ4n) is 2.96. The molecule has 0 saturated carbocycles. The molecule has 0 bridgehead atoms. The minimum atomic E-state index is 0.764. The van der Waals surface area contributed by atoms with Crippen molar-refractivity contribution in [2.75, 3.05) is 0 Å². The molecule has 0 atom stereocenters. The summed E-state index contributed by atoms with van der Waals surface area (Å²) in [6.45, 7) is 0. The van der Waals surface area contributed by atoms with Crippen LogP contribution >= 0.6 is 11.3 Å². The second kappa shape index (κ2) is 6.70. The molecule has 0 unspecified atom stereocenters. The first-order valence-corrected chi connectivity index (χ1v) is 9.42. The molecule has 0 aliphatic heterocycles. The zero-order chi connectivity index (χ0) is 18.1. The number of nitrogens with zero attached hydrogens (tertiary/aromatic N) is 4. The molecule has 3 aromatic carbocycles. The van der Waals surface area contributed by atoms with Gasteiger partial charge in [-0.25, -0.2) is 9.97 Å². The van der Waals surface area contributed by atoms with E-state index in [-0.39, 0.29) is 0 Å². The Balaban J connectivity index is 1.71. The molecule has 0 N–H and O–H groups in total. The van der Waals surface area contributed by atoms with Gasteiger partial charge >= 0.3 is 0 Å².